The lowest BCUT2D eigenvalue weighted by molar-refractivity contribution is -0.0553. The van der Waals surface area contributed by atoms with E-state index in [0.29, 0.717) is 0 Å². The molecular formula is C30H34N4O2. The first-order chi connectivity index (χ1) is 16.9. The second-order valence-corrected chi connectivity index (χ2v) is 11.6. The summed E-state index contributed by atoms with van der Waals surface area (Å²) in [7, 11) is 0. The smallest absolute Gasteiger partial charge is 0.291 e. The molecule has 3 heterocycles. The van der Waals surface area contributed by atoms with Crippen LogP contribution in [0.4, 0.5) is 5.69 Å². The summed E-state index contributed by atoms with van der Waals surface area (Å²) in [4.78, 5) is 19.8. The number of nitriles is 1. The van der Waals surface area contributed by atoms with E-state index in [-0.39, 0.29) is 28.4 Å². The minimum atomic E-state index is -0.397. The summed E-state index contributed by atoms with van der Waals surface area (Å²) in [6.07, 6.45) is 9.81. The molecule has 1 amide bonds. The van der Waals surface area contributed by atoms with Crippen LogP contribution in [0.15, 0.2) is 47.7 Å². The minimum absolute atomic E-state index is 0.127. The van der Waals surface area contributed by atoms with Crippen molar-refractivity contribution in [1.82, 2.24) is 9.97 Å². The predicted octanol–water partition coefficient (Wildman–Crippen LogP) is 6.80. The number of imidazole rings is 1. The molecule has 1 aromatic heterocycles. The number of benzene rings is 1. The Morgan fingerprint density at radius 2 is 1.94 bits per heavy atom. The van der Waals surface area contributed by atoms with Crippen LogP contribution in [0.2, 0.25) is 0 Å². The number of ether oxygens (including phenoxy) is 1. The van der Waals surface area contributed by atoms with E-state index in [1.807, 2.05) is 12.1 Å². The van der Waals surface area contributed by atoms with Crippen LogP contribution in [0.5, 0.6) is 0 Å². The Hall–Kier alpha value is -3.43. The Bertz CT molecular complexity index is 1400. The summed E-state index contributed by atoms with van der Waals surface area (Å²) in [5.41, 5.74) is 7.90. The third-order valence-electron chi connectivity index (χ3n) is 8.38. The number of hydrogen-bond donors (Lipinski definition) is 2. The summed E-state index contributed by atoms with van der Waals surface area (Å²) < 4.78 is 6.50. The zero-order valence-corrected chi connectivity index (χ0v) is 22.0. The lowest BCUT2D eigenvalue weighted by Gasteiger charge is -2.37. The Morgan fingerprint density at radius 3 is 2.58 bits per heavy atom. The van der Waals surface area contributed by atoms with Crippen molar-refractivity contribution in [1.29, 1.82) is 5.26 Å². The van der Waals surface area contributed by atoms with Gasteiger partial charge in [-0.15, -0.1) is 0 Å². The largest absolute Gasteiger partial charge is 0.356 e. The molecule has 36 heavy (non-hydrogen) atoms. The van der Waals surface area contributed by atoms with Crippen molar-refractivity contribution >= 4 is 22.7 Å². The third-order valence-corrected chi connectivity index (χ3v) is 8.38. The number of allylic oxidation sites excluding steroid dienone is 2. The number of aromatic amines is 1. The van der Waals surface area contributed by atoms with Gasteiger partial charge < -0.3 is 15.0 Å². The summed E-state index contributed by atoms with van der Waals surface area (Å²) >= 11 is 0. The number of anilines is 1. The molecule has 0 fully saturated rings. The maximum atomic E-state index is 13.0. The lowest BCUT2D eigenvalue weighted by atomic mass is 9.76. The molecule has 2 N–H and O–H groups in total. The topological polar surface area (TPSA) is 90.8 Å². The van der Waals surface area contributed by atoms with Gasteiger partial charge in [0.1, 0.15) is 17.4 Å². The van der Waals surface area contributed by atoms with Crippen molar-refractivity contribution in [2.45, 2.75) is 78.4 Å². The van der Waals surface area contributed by atoms with E-state index in [1.165, 1.54) is 28.5 Å². The highest BCUT2D eigenvalue weighted by atomic mass is 16.5. The second-order valence-electron chi connectivity index (χ2n) is 11.6. The molecule has 2 aromatic rings. The molecular weight excluding hydrogens is 448 g/mol. The van der Waals surface area contributed by atoms with Crippen LogP contribution in [-0.4, -0.2) is 27.1 Å². The van der Waals surface area contributed by atoms with Crippen molar-refractivity contribution in [3.63, 3.8) is 0 Å². The van der Waals surface area contributed by atoms with Crippen molar-refractivity contribution in [2.75, 3.05) is 5.32 Å². The number of amides is 1. The van der Waals surface area contributed by atoms with Crippen molar-refractivity contribution < 1.29 is 9.53 Å². The Kier molecular flexibility index (Phi) is 5.61. The molecule has 0 radical (unpaired) electrons. The maximum absolute atomic E-state index is 13.0. The van der Waals surface area contributed by atoms with Crippen molar-refractivity contribution in [2.24, 2.45) is 5.41 Å². The van der Waals surface area contributed by atoms with Gasteiger partial charge in [0.25, 0.3) is 5.91 Å². The molecule has 0 spiro atoms. The SMILES string of the molecule is CC1=C(C)C2(C)CC(c3ccc(NC(=O)c4ncc(C#N)[nH]4)c(C4=CCC(C)(C)CC4)c3)=CC1(C)O2. The maximum Gasteiger partial charge on any atom is 0.291 e. The van der Waals surface area contributed by atoms with Gasteiger partial charge in [0.15, 0.2) is 5.82 Å². The average molecular weight is 483 g/mol. The number of nitrogens with zero attached hydrogens (tertiary/aromatic N) is 2. The lowest BCUT2D eigenvalue weighted by Crippen LogP contribution is -2.37. The van der Waals surface area contributed by atoms with Crippen LogP contribution in [0.1, 0.15) is 94.7 Å². The number of rotatable bonds is 4. The van der Waals surface area contributed by atoms with E-state index in [4.69, 9.17) is 10.00 Å². The fourth-order valence-electron chi connectivity index (χ4n) is 5.74. The molecule has 186 valence electrons. The molecule has 0 saturated carbocycles. The first kappa shape index (κ1) is 24.3. The molecule has 2 unspecified atom stereocenters. The van der Waals surface area contributed by atoms with E-state index in [9.17, 15) is 4.79 Å². The first-order valence-corrected chi connectivity index (χ1v) is 12.6. The normalized spacial score (nSPS) is 26.8. The second kappa shape index (κ2) is 8.31. The fourth-order valence-corrected chi connectivity index (χ4v) is 5.74. The van der Waals surface area contributed by atoms with Crippen LogP contribution in [0, 0.1) is 16.7 Å². The molecule has 1 aromatic carbocycles. The molecule has 2 bridgehead atoms. The molecule has 2 atom stereocenters. The average Bonchev–Trinajstić information content (AvgIpc) is 3.36. The molecule has 2 aliphatic heterocycles. The van der Waals surface area contributed by atoms with Crippen LogP contribution in [0.3, 0.4) is 0 Å². The molecule has 0 saturated heterocycles. The predicted molar refractivity (Wildman–Crippen MR) is 142 cm³/mol. The molecule has 6 heteroatoms. The standard InChI is InChI=1S/C30H34N4O2/c1-18-19(2)30(6)15-22(14-29(18,5)36-30)21-7-8-25(34-27(35)26-32-17-23(16-31)33-26)24(13-21)20-9-11-28(3,4)12-10-20/h7-9,13-14,17H,10-12,15H2,1-6H3,(H,32,33)(H,34,35). The Labute approximate surface area is 213 Å². The van der Waals surface area contributed by atoms with Gasteiger partial charge in [0, 0.05) is 17.7 Å². The Morgan fingerprint density at radius 1 is 1.17 bits per heavy atom. The van der Waals surface area contributed by atoms with Gasteiger partial charge in [0.2, 0.25) is 0 Å². The number of nitrogens with one attached hydrogen (secondary N) is 2. The van der Waals surface area contributed by atoms with Gasteiger partial charge >= 0.3 is 0 Å². The van der Waals surface area contributed by atoms with Gasteiger partial charge in [-0.25, -0.2) is 4.98 Å². The highest BCUT2D eigenvalue weighted by Gasteiger charge is 2.49. The molecule has 6 nitrogen and oxygen atoms in total. The van der Waals surface area contributed by atoms with E-state index in [0.717, 1.165) is 42.5 Å². The summed E-state index contributed by atoms with van der Waals surface area (Å²) in [6, 6.07) is 8.28. The monoisotopic (exact) mass is 482 g/mol. The van der Waals surface area contributed by atoms with Crippen LogP contribution >= 0.6 is 0 Å². The summed E-state index contributed by atoms with van der Waals surface area (Å²) in [6.45, 7) is 13.3. The number of carbonyl (C=O) groups excluding carboxylic acids is 1. The number of hydrogen-bond acceptors (Lipinski definition) is 4. The third kappa shape index (κ3) is 4.12. The molecule has 5 rings (SSSR count). The van der Waals surface area contributed by atoms with E-state index >= 15 is 0 Å². The highest BCUT2D eigenvalue weighted by molar-refractivity contribution is 6.03. The number of aromatic nitrogens is 2. The number of fused-ring (bicyclic) bond motifs is 2. The van der Waals surface area contributed by atoms with Gasteiger partial charge in [0.05, 0.1) is 11.8 Å². The van der Waals surface area contributed by atoms with Crippen LogP contribution in [0.25, 0.3) is 11.1 Å². The van der Waals surface area contributed by atoms with Crippen molar-refractivity contribution in [3.05, 3.63) is 70.3 Å². The quantitative estimate of drug-likeness (QED) is 0.469. The highest BCUT2D eigenvalue weighted by Crippen LogP contribution is 2.52. The summed E-state index contributed by atoms with van der Waals surface area (Å²) in [5.74, 6) is -0.233. The van der Waals surface area contributed by atoms with Gasteiger partial charge in [-0.3, -0.25) is 4.79 Å². The zero-order valence-electron chi connectivity index (χ0n) is 22.0. The van der Waals surface area contributed by atoms with E-state index in [1.54, 1.807) is 0 Å². The van der Waals surface area contributed by atoms with E-state index in [2.05, 4.69) is 81.1 Å². The number of H-pyrrole nitrogens is 1. The van der Waals surface area contributed by atoms with Gasteiger partial charge in [-0.05, 0) is 98.4 Å². The van der Waals surface area contributed by atoms with Crippen molar-refractivity contribution in [3.8, 4) is 6.07 Å². The minimum Gasteiger partial charge on any atom is -0.356 e. The fraction of sp³-hybridized carbons (Fsp3) is 0.433. The number of carbonyl (C=O) groups is 1. The zero-order chi connectivity index (χ0) is 25.9. The van der Waals surface area contributed by atoms with Gasteiger partial charge in [-0.1, -0.05) is 26.0 Å². The summed E-state index contributed by atoms with van der Waals surface area (Å²) in [5, 5.41) is 12.1. The van der Waals surface area contributed by atoms with Crippen LogP contribution < -0.4 is 5.32 Å². The molecule has 3 aliphatic rings. The van der Waals surface area contributed by atoms with Gasteiger partial charge in [-0.2, -0.15) is 5.26 Å². The first-order valence-electron chi connectivity index (χ1n) is 12.6. The van der Waals surface area contributed by atoms with Crippen LogP contribution in [-0.2, 0) is 4.74 Å². The molecule has 1 aliphatic carbocycles. The Balaban J connectivity index is 1.53. The van der Waals surface area contributed by atoms with E-state index < -0.39 is 5.60 Å².